The number of amides is 2. The van der Waals surface area contributed by atoms with Crippen LogP contribution < -0.4 is 10.6 Å². The van der Waals surface area contributed by atoms with E-state index in [9.17, 15) is 17.6 Å². The van der Waals surface area contributed by atoms with Crippen molar-refractivity contribution in [1.82, 2.24) is 5.32 Å². The normalized spacial score (nSPS) is 11.1. The van der Waals surface area contributed by atoms with Gasteiger partial charge in [-0.25, -0.2) is 17.6 Å². The van der Waals surface area contributed by atoms with E-state index in [2.05, 4.69) is 10.6 Å². The molecule has 0 aliphatic rings. The number of anilines is 1. The summed E-state index contributed by atoms with van der Waals surface area (Å²) < 4.78 is 35.5. The predicted molar refractivity (Wildman–Crippen MR) is 98.3 cm³/mol. The van der Waals surface area contributed by atoms with E-state index in [0.29, 0.717) is 12.2 Å². The number of hydrogen-bond donors (Lipinski definition) is 2. The molecule has 2 aromatic rings. The third kappa shape index (κ3) is 6.75. The summed E-state index contributed by atoms with van der Waals surface area (Å²) in [5, 5.41) is 5.37. The second kappa shape index (κ2) is 8.87. The first-order chi connectivity index (χ1) is 11.8. The fourth-order valence-electron chi connectivity index (χ4n) is 1.96. The summed E-state index contributed by atoms with van der Waals surface area (Å²) in [5.41, 5.74) is 0.519. The monoisotopic (exact) mass is 382 g/mol. The van der Waals surface area contributed by atoms with Crippen LogP contribution in [0.25, 0.3) is 0 Å². The molecular weight excluding hydrogens is 363 g/mol. The minimum absolute atomic E-state index is 0.205. The molecule has 0 aliphatic carbocycles. The van der Waals surface area contributed by atoms with Gasteiger partial charge in [-0.15, -0.1) is 11.8 Å². The Bertz CT molecular complexity index is 807. The molecule has 134 valence electrons. The van der Waals surface area contributed by atoms with Crippen LogP contribution in [-0.4, -0.2) is 33.0 Å². The number of thioether (sulfide) groups is 1. The zero-order chi connectivity index (χ0) is 18.3. The van der Waals surface area contributed by atoms with Crippen LogP contribution in [0.1, 0.15) is 6.42 Å². The van der Waals surface area contributed by atoms with E-state index in [4.69, 9.17) is 0 Å². The molecule has 2 amide bonds. The SMILES string of the molecule is CS(=O)(=O)c1ccc(NC(=O)NCCCSc2ccc(F)cc2)cc1. The summed E-state index contributed by atoms with van der Waals surface area (Å²) in [6.07, 6.45) is 1.90. The molecule has 0 bridgehead atoms. The molecule has 5 nitrogen and oxygen atoms in total. The van der Waals surface area contributed by atoms with Crippen LogP contribution in [0.5, 0.6) is 0 Å². The maximum atomic E-state index is 12.8. The zero-order valence-corrected chi connectivity index (χ0v) is 15.3. The molecule has 0 spiro atoms. The van der Waals surface area contributed by atoms with E-state index in [0.717, 1.165) is 23.3 Å². The van der Waals surface area contributed by atoms with Gasteiger partial charge in [-0.2, -0.15) is 0 Å². The van der Waals surface area contributed by atoms with Crippen LogP contribution in [-0.2, 0) is 9.84 Å². The minimum atomic E-state index is -3.25. The molecule has 0 aromatic heterocycles. The van der Waals surface area contributed by atoms with Gasteiger partial charge in [0, 0.05) is 23.4 Å². The van der Waals surface area contributed by atoms with Gasteiger partial charge in [-0.05, 0) is 60.7 Å². The number of carbonyl (C=O) groups is 1. The number of rotatable bonds is 7. The fraction of sp³-hybridized carbons (Fsp3) is 0.235. The second-order valence-electron chi connectivity index (χ2n) is 5.33. The molecule has 0 radical (unpaired) electrons. The lowest BCUT2D eigenvalue weighted by Gasteiger charge is -2.08. The van der Waals surface area contributed by atoms with Crippen molar-refractivity contribution in [2.75, 3.05) is 23.9 Å². The molecule has 0 unspecified atom stereocenters. The predicted octanol–water partition coefficient (Wildman–Crippen LogP) is 3.53. The van der Waals surface area contributed by atoms with Gasteiger partial charge >= 0.3 is 6.03 Å². The van der Waals surface area contributed by atoms with Crippen molar-refractivity contribution >= 4 is 33.3 Å². The largest absolute Gasteiger partial charge is 0.338 e. The maximum absolute atomic E-state index is 12.8. The summed E-state index contributed by atoms with van der Waals surface area (Å²) in [6.45, 7) is 0.501. The van der Waals surface area contributed by atoms with Crippen LogP contribution in [0, 0.1) is 5.82 Å². The number of halogens is 1. The Morgan fingerprint density at radius 3 is 2.32 bits per heavy atom. The highest BCUT2D eigenvalue weighted by Gasteiger charge is 2.07. The molecule has 0 fully saturated rings. The average Bonchev–Trinajstić information content (AvgIpc) is 2.56. The van der Waals surface area contributed by atoms with Gasteiger partial charge < -0.3 is 10.6 Å². The van der Waals surface area contributed by atoms with Crippen molar-refractivity contribution in [3.8, 4) is 0 Å². The summed E-state index contributed by atoms with van der Waals surface area (Å²) in [7, 11) is -3.25. The molecule has 0 aliphatic heterocycles. The fourth-order valence-corrected chi connectivity index (χ4v) is 3.44. The second-order valence-corrected chi connectivity index (χ2v) is 8.52. The molecule has 0 saturated carbocycles. The number of carbonyl (C=O) groups excluding carboxylic acids is 1. The van der Waals surface area contributed by atoms with Gasteiger partial charge in [0.15, 0.2) is 9.84 Å². The van der Waals surface area contributed by atoms with Gasteiger partial charge in [0.2, 0.25) is 0 Å². The molecule has 2 N–H and O–H groups in total. The molecule has 25 heavy (non-hydrogen) atoms. The molecule has 0 saturated heterocycles. The van der Waals surface area contributed by atoms with Gasteiger partial charge in [0.25, 0.3) is 0 Å². The van der Waals surface area contributed by atoms with Crippen LogP contribution >= 0.6 is 11.8 Å². The van der Waals surface area contributed by atoms with Crippen molar-refractivity contribution in [2.45, 2.75) is 16.2 Å². The highest BCUT2D eigenvalue weighted by molar-refractivity contribution is 7.99. The molecule has 2 rings (SSSR count). The van der Waals surface area contributed by atoms with E-state index < -0.39 is 9.84 Å². The summed E-state index contributed by atoms with van der Waals surface area (Å²) in [6, 6.07) is 11.9. The van der Waals surface area contributed by atoms with Crippen molar-refractivity contribution in [3.63, 3.8) is 0 Å². The van der Waals surface area contributed by atoms with Crippen LogP contribution in [0.3, 0.4) is 0 Å². The van der Waals surface area contributed by atoms with E-state index >= 15 is 0 Å². The number of urea groups is 1. The Balaban J connectivity index is 1.67. The standard InChI is InChI=1S/C17H19FN2O3S2/c1-25(22,23)16-9-5-14(6-10-16)20-17(21)19-11-2-12-24-15-7-3-13(18)4-8-15/h3-10H,2,11-12H2,1H3,(H2,19,20,21). The lowest BCUT2D eigenvalue weighted by atomic mass is 10.3. The first kappa shape index (κ1) is 19.3. The Labute approximate surface area is 150 Å². The van der Waals surface area contributed by atoms with Crippen molar-refractivity contribution in [1.29, 1.82) is 0 Å². The van der Waals surface area contributed by atoms with E-state index in [1.54, 1.807) is 36.0 Å². The number of benzene rings is 2. The first-order valence-corrected chi connectivity index (χ1v) is 10.5. The molecule has 0 atom stereocenters. The summed E-state index contributed by atoms with van der Waals surface area (Å²) >= 11 is 1.59. The Hall–Kier alpha value is -2.06. The average molecular weight is 382 g/mol. The molecule has 2 aromatic carbocycles. The van der Waals surface area contributed by atoms with E-state index in [-0.39, 0.29) is 16.7 Å². The van der Waals surface area contributed by atoms with Gasteiger partial charge in [-0.3, -0.25) is 0 Å². The topological polar surface area (TPSA) is 75.3 Å². The number of sulfone groups is 1. The molecular formula is C17H19FN2O3S2. The first-order valence-electron chi connectivity index (χ1n) is 7.58. The Morgan fingerprint density at radius 1 is 1.08 bits per heavy atom. The summed E-state index contributed by atoms with van der Waals surface area (Å²) in [4.78, 5) is 13.0. The molecule has 0 heterocycles. The molecule has 8 heteroatoms. The van der Waals surface area contributed by atoms with Crippen molar-refractivity contribution in [3.05, 3.63) is 54.3 Å². The smallest absolute Gasteiger partial charge is 0.319 e. The van der Waals surface area contributed by atoms with E-state index in [1.165, 1.54) is 24.3 Å². The van der Waals surface area contributed by atoms with E-state index in [1.807, 2.05) is 0 Å². The maximum Gasteiger partial charge on any atom is 0.319 e. The quantitative estimate of drug-likeness (QED) is 0.567. The third-order valence-corrected chi connectivity index (χ3v) is 5.46. The highest BCUT2D eigenvalue weighted by Crippen LogP contribution is 2.18. The highest BCUT2D eigenvalue weighted by atomic mass is 32.2. The lowest BCUT2D eigenvalue weighted by molar-refractivity contribution is 0.252. The lowest BCUT2D eigenvalue weighted by Crippen LogP contribution is -2.29. The summed E-state index contributed by atoms with van der Waals surface area (Å²) in [5.74, 6) is 0.543. The van der Waals surface area contributed by atoms with Crippen molar-refractivity contribution < 1.29 is 17.6 Å². The minimum Gasteiger partial charge on any atom is -0.338 e. The van der Waals surface area contributed by atoms with Crippen LogP contribution in [0.2, 0.25) is 0 Å². The Kier molecular flexibility index (Phi) is 6.83. The van der Waals surface area contributed by atoms with Crippen LogP contribution in [0.4, 0.5) is 14.9 Å². The van der Waals surface area contributed by atoms with Crippen LogP contribution in [0.15, 0.2) is 58.3 Å². The Morgan fingerprint density at radius 2 is 1.72 bits per heavy atom. The van der Waals surface area contributed by atoms with Gasteiger partial charge in [0.05, 0.1) is 4.90 Å². The third-order valence-electron chi connectivity index (χ3n) is 3.23. The number of hydrogen-bond acceptors (Lipinski definition) is 4. The zero-order valence-electron chi connectivity index (χ0n) is 13.7. The van der Waals surface area contributed by atoms with Crippen molar-refractivity contribution in [2.24, 2.45) is 0 Å². The number of nitrogens with one attached hydrogen (secondary N) is 2. The van der Waals surface area contributed by atoms with Gasteiger partial charge in [-0.1, -0.05) is 0 Å². The van der Waals surface area contributed by atoms with Gasteiger partial charge in [0.1, 0.15) is 5.82 Å².